The Balaban J connectivity index is 2.28. The van der Waals surface area contributed by atoms with Crippen molar-refractivity contribution in [1.29, 1.82) is 0 Å². The summed E-state index contributed by atoms with van der Waals surface area (Å²) in [4.78, 5) is 2.26. The molecule has 1 atom stereocenters. The summed E-state index contributed by atoms with van der Waals surface area (Å²) in [6.07, 6.45) is -0.809. The number of ether oxygens (including phenoxy) is 1. The number of aliphatic hydroxyl groups excluding tert-OH is 1. The fraction of sp³-hybridized carbons (Fsp3) is 0.538. The summed E-state index contributed by atoms with van der Waals surface area (Å²) < 4.78 is 5.38. The lowest BCUT2D eigenvalue weighted by molar-refractivity contribution is -0.106. The predicted molar refractivity (Wildman–Crippen MR) is 65.1 cm³/mol. The maximum Gasteiger partial charge on any atom is 0.181 e. The van der Waals surface area contributed by atoms with E-state index in [9.17, 15) is 5.11 Å². The lowest BCUT2D eigenvalue weighted by Gasteiger charge is -2.19. The fourth-order valence-electron chi connectivity index (χ4n) is 1.55. The van der Waals surface area contributed by atoms with E-state index in [1.54, 1.807) is 0 Å². The van der Waals surface area contributed by atoms with Gasteiger partial charge in [-0.3, -0.25) is 0 Å². The second kappa shape index (κ2) is 7.39. The number of nitrogens with zero attached hydrogens (tertiary/aromatic N) is 1. The Morgan fingerprint density at radius 1 is 1.19 bits per heavy atom. The number of aliphatic hydroxyl groups is 1. The van der Waals surface area contributed by atoms with Gasteiger partial charge in [-0.1, -0.05) is 44.2 Å². The van der Waals surface area contributed by atoms with E-state index >= 15 is 0 Å². The number of rotatable bonds is 7. The van der Waals surface area contributed by atoms with Gasteiger partial charge in [-0.25, -0.2) is 0 Å². The van der Waals surface area contributed by atoms with Crippen LogP contribution in [0.5, 0.6) is 0 Å². The lowest BCUT2D eigenvalue weighted by atomic mass is 10.2. The molecule has 0 amide bonds. The van der Waals surface area contributed by atoms with Gasteiger partial charge in [0.05, 0.1) is 6.61 Å². The Morgan fingerprint density at radius 2 is 1.81 bits per heavy atom. The molecule has 0 saturated carbocycles. The molecule has 0 aromatic heterocycles. The highest BCUT2D eigenvalue weighted by Gasteiger charge is 2.07. The zero-order chi connectivity index (χ0) is 11.8. The normalized spacial score (nSPS) is 13.0. The average molecular weight is 223 g/mol. The SMILES string of the molecule is CCN(CC)CCOC(O)c1ccccc1. The Kier molecular flexibility index (Phi) is 6.08. The van der Waals surface area contributed by atoms with Crippen molar-refractivity contribution in [2.24, 2.45) is 0 Å². The second-order valence-electron chi connectivity index (χ2n) is 3.66. The van der Waals surface area contributed by atoms with E-state index in [1.807, 2.05) is 30.3 Å². The third-order valence-corrected chi connectivity index (χ3v) is 2.66. The van der Waals surface area contributed by atoms with Gasteiger partial charge in [0.15, 0.2) is 6.29 Å². The first kappa shape index (κ1) is 13.2. The third kappa shape index (κ3) is 4.31. The van der Waals surface area contributed by atoms with E-state index in [0.29, 0.717) is 6.61 Å². The quantitative estimate of drug-likeness (QED) is 0.718. The van der Waals surface area contributed by atoms with E-state index in [1.165, 1.54) is 0 Å². The molecule has 1 aromatic carbocycles. The molecule has 0 heterocycles. The highest BCUT2D eigenvalue weighted by atomic mass is 16.6. The van der Waals surface area contributed by atoms with Crippen LogP contribution in [0.3, 0.4) is 0 Å². The van der Waals surface area contributed by atoms with Crippen molar-refractivity contribution in [1.82, 2.24) is 4.90 Å². The predicted octanol–water partition coefficient (Wildman–Crippen LogP) is 2.04. The zero-order valence-electron chi connectivity index (χ0n) is 10.1. The van der Waals surface area contributed by atoms with Crippen molar-refractivity contribution in [3.8, 4) is 0 Å². The fourth-order valence-corrected chi connectivity index (χ4v) is 1.55. The monoisotopic (exact) mass is 223 g/mol. The maximum absolute atomic E-state index is 9.74. The third-order valence-electron chi connectivity index (χ3n) is 2.66. The molecule has 1 N–H and O–H groups in total. The molecule has 0 aliphatic rings. The molecule has 0 fully saturated rings. The smallest absolute Gasteiger partial charge is 0.181 e. The van der Waals surface area contributed by atoms with E-state index in [-0.39, 0.29) is 0 Å². The highest BCUT2D eigenvalue weighted by molar-refractivity contribution is 5.15. The molecule has 0 saturated heterocycles. The van der Waals surface area contributed by atoms with Gasteiger partial charge in [0.2, 0.25) is 0 Å². The number of benzene rings is 1. The van der Waals surface area contributed by atoms with E-state index in [4.69, 9.17) is 4.74 Å². The standard InChI is InChI=1S/C13H21NO2/c1-3-14(4-2)10-11-16-13(15)12-8-6-5-7-9-12/h5-9,13,15H,3-4,10-11H2,1-2H3. The topological polar surface area (TPSA) is 32.7 Å². The average Bonchev–Trinajstić information content (AvgIpc) is 2.35. The van der Waals surface area contributed by atoms with Crippen LogP contribution in [-0.4, -0.2) is 36.2 Å². The Hall–Kier alpha value is -0.900. The molecule has 0 spiro atoms. The van der Waals surface area contributed by atoms with Gasteiger partial charge < -0.3 is 14.7 Å². The molecule has 1 aromatic rings. The van der Waals surface area contributed by atoms with Crippen molar-refractivity contribution in [2.45, 2.75) is 20.1 Å². The molecule has 3 heteroatoms. The minimum Gasteiger partial charge on any atom is -0.364 e. The van der Waals surface area contributed by atoms with Crippen LogP contribution >= 0.6 is 0 Å². The van der Waals surface area contributed by atoms with Gasteiger partial charge in [-0.05, 0) is 13.1 Å². The summed E-state index contributed by atoms with van der Waals surface area (Å²) in [5.74, 6) is 0. The van der Waals surface area contributed by atoms with Gasteiger partial charge in [0.25, 0.3) is 0 Å². The minimum absolute atomic E-state index is 0.553. The van der Waals surface area contributed by atoms with Crippen LogP contribution in [0.25, 0.3) is 0 Å². The minimum atomic E-state index is -0.809. The van der Waals surface area contributed by atoms with Crippen molar-refractivity contribution < 1.29 is 9.84 Å². The summed E-state index contributed by atoms with van der Waals surface area (Å²) in [6, 6.07) is 9.44. The molecule has 0 aliphatic heterocycles. The van der Waals surface area contributed by atoms with Gasteiger partial charge >= 0.3 is 0 Å². The summed E-state index contributed by atoms with van der Waals surface area (Å²) in [6.45, 7) is 7.69. The first-order valence-electron chi connectivity index (χ1n) is 5.84. The van der Waals surface area contributed by atoms with Crippen molar-refractivity contribution in [3.05, 3.63) is 35.9 Å². The first-order valence-corrected chi connectivity index (χ1v) is 5.84. The van der Waals surface area contributed by atoms with Gasteiger partial charge in [0.1, 0.15) is 0 Å². The zero-order valence-corrected chi connectivity index (χ0v) is 10.1. The van der Waals surface area contributed by atoms with Crippen LogP contribution in [0.2, 0.25) is 0 Å². The van der Waals surface area contributed by atoms with E-state index < -0.39 is 6.29 Å². The Bertz CT molecular complexity index is 273. The molecule has 1 unspecified atom stereocenters. The first-order chi connectivity index (χ1) is 7.77. The van der Waals surface area contributed by atoms with Crippen LogP contribution < -0.4 is 0 Å². The summed E-state index contributed by atoms with van der Waals surface area (Å²) in [7, 11) is 0. The van der Waals surface area contributed by atoms with Crippen LogP contribution in [0, 0.1) is 0 Å². The van der Waals surface area contributed by atoms with E-state index in [2.05, 4.69) is 18.7 Å². The molecule has 0 bridgehead atoms. The molecule has 0 radical (unpaired) electrons. The van der Waals surface area contributed by atoms with E-state index in [0.717, 1.165) is 25.2 Å². The molecule has 3 nitrogen and oxygen atoms in total. The molecule has 90 valence electrons. The van der Waals surface area contributed by atoms with Crippen molar-refractivity contribution in [3.63, 3.8) is 0 Å². The van der Waals surface area contributed by atoms with Crippen LogP contribution in [-0.2, 0) is 4.74 Å². The van der Waals surface area contributed by atoms with Gasteiger partial charge in [-0.15, -0.1) is 0 Å². The lowest BCUT2D eigenvalue weighted by Crippen LogP contribution is -2.27. The van der Waals surface area contributed by atoms with Crippen molar-refractivity contribution in [2.75, 3.05) is 26.2 Å². The molecule has 16 heavy (non-hydrogen) atoms. The van der Waals surface area contributed by atoms with Crippen LogP contribution in [0.4, 0.5) is 0 Å². The van der Waals surface area contributed by atoms with Crippen LogP contribution in [0.1, 0.15) is 25.7 Å². The summed E-state index contributed by atoms with van der Waals surface area (Å²) in [5, 5.41) is 9.74. The molecule has 0 aliphatic carbocycles. The largest absolute Gasteiger partial charge is 0.364 e. The van der Waals surface area contributed by atoms with Gasteiger partial charge in [-0.2, -0.15) is 0 Å². The Labute approximate surface area is 97.7 Å². The number of likely N-dealkylation sites (N-methyl/N-ethyl adjacent to an activating group) is 1. The van der Waals surface area contributed by atoms with Gasteiger partial charge in [0, 0.05) is 12.1 Å². The van der Waals surface area contributed by atoms with Crippen LogP contribution in [0.15, 0.2) is 30.3 Å². The number of hydrogen-bond acceptors (Lipinski definition) is 3. The second-order valence-corrected chi connectivity index (χ2v) is 3.66. The molecular formula is C13H21NO2. The summed E-state index contributed by atoms with van der Waals surface area (Å²) in [5.41, 5.74) is 0.807. The summed E-state index contributed by atoms with van der Waals surface area (Å²) >= 11 is 0. The highest BCUT2D eigenvalue weighted by Crippen LogP contribution is 2.12. The molecular weight excluding hydrogens is 202 g/mol. The van der Waals surface area contributed by atoms with Crippen molar-refractivity contribution >= 4 is 0 Å². The molecule has 1 rings (SSSR count). The Morgan fingerprint density at radius 3 is 2.38 bits per heavy atom. The number of hydrogen-bond donors (Lipinski definition) is 1. The maximum atomic E-state index is 9.74.